The maximum atomic E-state index is 12.7. The lowest BCUT2D eigenvalue weighted by molar-refractivity contribution is 0.0697. The van der Waals surface area contributed by atoms with Crippen molar-refractivity contribution in [1.82, 2.24) is 9.78 Å². The second-order valence-electron chi connectivity index (χ2n) is 5.45. The monoisotopic (exact) mass is 320 g/mol. The predicted octanol–water partition coefficient (Wildman–Crippen LogP) is 3.09. The number of nitrogens with zero attached hydrogens (tertiary/aromatic N) is 2. The van der Waals surface area contributed by atoms with E-state index < -0.39 is 5.97 Å². The van der Waals surface area contributed by atoms with Gasteiger partial charge in [0.15, 0.2) is 0 Å². The molecule has 2 aromatic carbocycles. The first kappa shape index (κ1) is 14.2. The molecule has 24 heavy (non-hydrogen) atoms. The van der Waals surface area contributed by atoms with Gasteiger partial charge in [0.1, 0.15) is 22.6 Å². The Morgan fingerprint density at radius 1 is 1.12 bits per heavy atom. The van der Waals surface area contributed by atoms with Crippen LogP contribution in [0.2, 0.25) is 0 Å². The van der Waals surface area contributed by atoms with Crippen molar-refractivity contribution < 1.29 is 14.3 Å². The summed E-state index contributed by atoms with van der Waals surface area (Å²) in [6.45, 7) is 1.73. The van der Waals surface area contributed by atoms with E-state index in [1.54, 1.807) is 19.1 Å². The largest absolute Gasteiger partial charge is 0.478 e. The molecule has 0 radical (unpaired) electrons. The topological polar surface area (TPSA) is 85.3 Å². The molecule has 0 saturated heterocycles. The first-order valence-electron chi connectivity index (χ1n) is 7.31. The quantitative estimate of drug-likeness (QED) is 0.613. The van der Waals surface area contributed by atoms with Gasteiger partial charge in [0, 0.05) is 5.39 Å². The molecular formula is C18H12N2O4. The fourth-order valence-corrected chi connectivity index (χ4v) is 2.80. The minimum Gasteiger partial charge on any atom is -0.478 e. The summed E-state index contributed by atoms with van der Waals surface area (Å²) < 4.78 is 6.99. The van der Waals surface area contributed by atoms with Crippen LogP contribution in [0.25, 0.3) is 27.9 Å². The highest BCUT2D eigenvalue weighted by atomic mass is 16.4. The summed E-state index contributed by atoms with van der Waals surface area (Å²) in [4.78, 5) is 23.7. The van der Waals surface area contributed by atoms with E-state index >= 15 is 0 Å². The van der Waals surface area contributed by atoms with Gasteiger partial charge in [-0.2, -0.15) is 9.78 Å². The normalized spacial score (nSPS) is 11.2. The average molecular weight is 320 g/mol. The highest BCUT2D eigenvalue weighted by molar-refractivity contribution is 5.92. The molecule has 0 saturated carbocycles. The SMILES string of the molecule is Cc1oc2ccccc2c2nn(-c3ccc(C(=O)O)cc3)c(=O)c1-2. The van der Waals surface area contributed by atoms with Gasteiger partial charge in [-0.1, -0.05) is 12.1 Å². The molecule has 0 bridgehead atoms. The van der Waals surface area contributed by atoms with E-state index in [1.165, 1.54) is 16.8 Å². The van der Waals surface area contributed by atoms with Crippen LogP contribution in [-0.4, -0.2) is 20.9 Å². The van der Waals surface area contributed by atoms with Crippen LogP contribution in [-0.2, 0) is 0 Å². The van der Waals surface area contributed by atoms with E-state index in [4.69, 9.17) is 9.52 Å². The van der Waals surface area contributed by atoms with Crippen LogP contribution in [0.15, 0.2) is 57.7 Å². The summed E-state index contributed by atoms with van der Waals surface area (Å²) >= 11 is 0. The highest BCUT2D eigenvalue weighted by Gasteiger charge is 2.23. The third-order valence-electron chi connectivity index (χ3n) is 3.96. The van der Waals surface area contributed by atoms with Crippen LogP contribution in [0.1, 0.15) is 16.1 Å². The smallest absolute Gasteiger partial charge is 0.335 e. The summed E-state index contributed by atoms with van der Waals surface area (Å²) in [6.07, 6.45) is 0. The fraction of sp³-hybridized carbons (Fsp3) is 0.0556. The Morgan fingerprint density at radius 2 is 1.83 bits per heavy atom. The van der Waals surface area contributed by atoms with E-state index in [-0.39, 0.29) is 11.1 Å². The molecule has 0 fully saturated rings. The lowest BCUT2D eigenvalue weighted by Crippen LogP contribution is -2.15. The van der Waals surface area contributed by atoms with Gasteiger partial charge >= 0.3 is 5.97 Å². The van der Waals surface area contributed by atoms with Crippen LogP contribution in [0.5, 0.6) is 0 Å². The lowest BCUT2D eigenvalue weighted by Gasteiger charge is -2.04. The number of rotatable bonds is 2. The molecule has 0 amide bonds. The highest BCUT2D eigenvalue weighted by Crippen LogP contribution is 2.30. The number of aryl methyl sites for hydroxylation is 1. The van der Waals surface area contributed by atoms with Gasteiger partial charge in [-0.3, -0.25) is 4.79 Å². The molecule has 0 spiro atoms. The molecule has 0 aromatic heterocycles. The lowest BCUT2D eigenvalue weighted by atomic mass is 10.1. The number of aromatic carboxylic acids is 1. The van der Waals surface area contributed by atoms with Gasteiger partial charge in [0.2, 0.25) is 0 Å². The number of carboxylic acid groups (broad SMARTS) is 1. The number of fused-ring (bicyclic) bond motifs is 3. The second-order valence-corrected chi connectivity index (χ2v) is 5.45. The molecule has 6 nitrogen and oxygen atoms in total. The third-order valence-corrected chi connectivity index (χ3v) is 3.96. The molecule has 1 N–H and O–H groups in total. The van der Waals surface area contributed by atoms with Crippen molar-refractivity contribution in [3.8, 4) is 16.9 Å². The Kier molecular flexibility index (Phi) is 2.99. The molecule has 6 heteroatoms. The standard InChI is InChI=1S/C18H12N2O4/c1-10-15-16(13-4-2-3-5-14(13)24-10)19-20(17(15)21)12-8-6-11(7-9-12)18(22)23/h2-9H,1H3,(H,22,23). The number of benzene rings is 2. The van der Waals surface area contributed by atoms with Gasteiger partial charge in [-0.25, -0.2) is 4.79 Å². The Hall–Kier alpha value is -3.41. The van der Waals surface area contributed by atoms with Crippen LogP contribution >= 0.6 is 0 Å². The van der Waals surface area contributed by atoms with Crippen molar-refractivity contribution in [2.24, 2.45) is 0 Å². The van der Waals surface area contributed by atoms with E-state index in [0.717, 1.165) is 5.39 Å². The predicted molar refractivity (Wildman–Crippen MR) is 87.9 cm³/mol. The zero-order valence-corrected chi connectivity index (χ0v) is 12.7. The maximum Gasteiger partial charge on any atom is 0.335 e. The Bertz CT molecular complexity index is 1110. The zero-order valence-electron chi connectivity index (χ0n) is 12.7. The Labute approximate surface area is 135 Å². The van der Waals surface area contributed by atoms with Gasteiger partial charge in [0.05, 0.1) is 11.3 Å². The summed E-state index contributed by atoms with van der Waals surface area (Å²) in [6, 6.07) is 13.4. The second kappa shape index (κ2) is 5.06. The molecule has 118 valence electrons. The van der Waals surface area contributed by atoms with Gasteiger partial charge < -0.3 is 9.52 Å². The van der Waals surface area contributed by atoms with Crippen LogP contribution in [0.3, 0.4) is 0 Å². The average Bonchev–Trinajstić information content (AvgIpc) is 2.93. The molecule has 2 aliphatic heterocycles. The Balaban J connectivity index is 2.00. The Morgan fingerprint density at radius 3 is 2.54 bits per heavy atom. The first-order chi connectivity index (χ1) is 11.6. The number of hydrogen-bond donors (Lipinski definition) is 1. The molecule has 4 rings (SSSR count). The van der Waals surface area contributed by atoms with E-state index in [2.05, 4.69) is 5.10 Å². The van der Waals surface area contributed by atoms with Crippen molar-refractivity contribution in [1.29, 1.82) is 0 Å². The van der Waals surface area contributed by atoms with Crippen molar-refractivity contribution in [3.05, 3.63) is 70.2 Å². The molecule has 2 aromatic rings. The third kappa shape index (κ3) is 2.00. The van der Waals surface area contributed by atoms with Gasteiger partial charge in [-0.05, 0) is 43.3 Å². The van der Waals surface area contributed by atoms with E-state index in [0.29, 0.717) is 28.3 Å². The molecule has 2 aliphatic rings. The molecule has 0 aliphatic carbocycles. The molecule has 0 atom stereocenters. The first-order valence-corrected chi connectivity index (χ1v) is 7.31. The van der Waals surface area contributed by atoms with Crippen LogP contribution in [0.4, 0.5) is 0 Å². The minimum absolute atomic E-state index is 0.152. The summed E-state index contributed by atoms with van der Waals surface area (Å²) in [5.41, 5.74) is 2.02. The summed E-state index contributed by atoms with van der Waals surface area (Å²) in [5, 5.41) is 14.2. The fourth-order valence-electron chi connectivity index (χ4n) is 2.80. The van der Waals surface area contributed by atoms with Crippen LogP contribution in [0, 0.1) is 6.92 Å². The number of para-hydroxylation sites is 1. The minimum atomic E-state index is -1.02. The molecule has 2 heterocycles. The van der Waals surface area contributed by atoms with Gasteiger partial charge in [0.25, 0.3) is 5.56 Å². The summed E-state index contributed by atoms with van der Waals surface area (Å²) in [5.74, 6) is -0.516. The van der Waals surface area contributed by atoms with Gasteiger partial charge in [-0.15, -0.1) is 0 Å². The summed E-state index contributed by atoms with van der Waals surface area (Å²) in [7, 11) is 0. The maximum absolute atomic E-state index is 12.7. The zero-order chi connectivity index (χ0) is 16.8. The van der Waals surface area contributed by atoms with E-state index in [1.807, 2.05) is 24.3 Å². The number of carboxylic acids is 1. The molecular weight excluding hydrogens is 308 g/mol. The van der Waals surface area contributed by atoms with Crippen molar-refractivity contribution >= 4 is 16.9 Å². The van der Waals surface area contributed by atoms with E-state index in [9.17, 15) is 9.59 Å². The number of aromatic nitrogens is 2. The van der Waals surface area contributed by atoms with Crippen molar-refractivity contribution in [2.75, 3.05) is 0 Å². The van der Waals surface area contributed by atoms with Crippen molar-refractivity contribution in [2.45, 2.75) is 6.92 Å². The number of hydrogen-bond acceptors (Lipinski definition) is 4. The number of carbonyl (C=O) groups is 1. The van der Waals surface area contributed by atoms with Crippen molar-refractivity contribution in [3.63, 3.8) is 0 Å². The van der Waals surface area contributed by atoms with Crippen LogP contribution < -0.4 is 5.56 Å². The molecule has 0 unspecified atom stereocenters.